The number of nitrogens with zero attached hydrogens (tertiary/aromatic N) is 2. The molecule has 7 heteroatoms. The van der Waals surface area contributed by atoms with E-state index in [1.54, 1.807) is 0 Å². The molecule has 0 radical (unpaired) electrons. The molecule has 27 heavy (non-hydrogen) atoms. The third kappa shape index (κ3) is 6.27. The van der Waals surface area contributed by atoms with Crippen LogP contribution in [-0.2, 0) is 12.6 Å². The maximum Gasteiger partial charge on any atom is 0.422 e. The van der Waals surface area contributed by atoms with E-state index in [0.29, 0.717) is 12.1 Å². The molecule has 0 aliphatic heterocycles. The van der Waals surface area contributed by atoms with Crippen molar-refractivity contribution >= 4 is 12.4 Å². The summed E-state index contributed by atoms with van der Waals surface area (Å²) in [5.41, 5.74) is -0.0559. The minimum Gasteiger partial charge on any atom is -0.206 e. The SMILES string of the molecule is CCCCCc1ccc(/C=N/N=C/c2cc(F)c(C(F)(F)F)c(F)c2)cc1. The van der Waals surface area contributed by atoms with Crippen LogP contribution in [-0.4, -0.2) is 12.4 Å². The van der Waals surface area contributed by atoms with Crippen molar-refractivity contribution in [2.24, 2.45) is 10.2 Å². The molecule has 144 valence electrons. The highest BCUT2D eigenvalue weighted by Gasteiger charge is 2.37. The Morgan fingerprint density at radius 3 is 1.93 bits per heavy atom. The summed E-state index contributed by atoms with van der Waals surface area (Å²) in [6.45, 7) is 2.15. The number of hydrogen-bond acceptors (Lipinski definition) is 2. The first-order valence-electron chi connectivity index (χ1n) is 8.53. The lowest BCUT2D eigenvalue weighted by molar-refractivity contribution is -0.142. The monoisotopic (exact) mass is 382 g/mol. The third-order valence-electron chi connectivity index (χ3n) is 3.88. The van der Waals surface area contributed by atoms with E-state index in [4.69, 9.17) is 0 Å². The lowest BCUT2D eigenvalue weighted by Gasteiger charge is -2.09. The number of aryl methyl sites for hydroxylation is 1. The number of halogens is 5. The van der Waals surface area contributed by atoms with Gasteiger partial charge in [-0.1, -0.05) is 44.0 Å². The van der Waals surface area contributed by atoms with Gasteiger partial charge in [0.05, 0.1) is 12.4 Å². The summed E-state index contributed by atoms with van der Waals surface area (Å²) in [6.07, 6.45) is 1.83. The van der Waals surface area contributed by atoms with Crippen molar-refractivity contribution in [1.82, 2.24) is 0 Å². The van der Waals surface area contributed by atoms with Gasteiger partial charge < -0.3 is 0 Å². The van der Waals surface area contributed by atoms with Crippen molar-refractivity contribution in [1.29, 1.82) is 0 Å². The van der Waals surface area contributed by atoms with E-state index in [1.807, 2.05) is 24.3 Å². The molecule has 0 spiro atoms. The van der Waals surface area contributed by atoms with E-state index in [-0.39, 0.29) is 5.56 Å². The molecule has 0 saturated heterocycles. The summed E-state index contributed by atoms with van der Waals surface area (Å²) < 4.78 is 64.5. The first-order chi connectivity index (χ1) is 12.8. The van der Waals surface area contributed by atoms with Crippen molar-refractivity contribution in [2.75, 3.05) is 0 Å². The number of unbranched alkanes of at least 4 members (excludes halogenated alkanes) is 2. The maximum absolute atomic E-state index is 13.5. The molecular formula is C20H19F5N2. The van der Waals surface area contributed by atoms with Gasteiger partial charge in [-0.15, -0.1) is 0 Å². The van der Waals surface area contributed by atoms with Gasteiger partial charge in [-0.3, -0.25) is 0 Å². The van der Waals surface area contributed by atoms with Gasteiger partial charge >= 0.3 is 6.18 Å². The highest BCUT2D eigenvalue weighted by molar-refractivity contribution is 5.82. The van der Waals surface area contributed by atoms with Crippen molar-refractivity contribution in [3.63, 3.8) is 0 Å². The number of rotatable bonds is 7. The Labute approximate surface area is 154 Å². The minimum absolute atomic E-state index is 0.151. The van der Waals surface area contributed by atoms with Gasteiger partial charge in [-0.05, 0) is 36.1 Å². The molecule has 0 aliphatic carbocycles. The molecule has 0 heterocycles. The van der Waals surface area contributed by atoms with Gasteiger partial charge in [0, 0.05) is 5.56 Å². The molecule has 0 N–H and O–H groups in total. The molecule has 0 aliphatic rings. The summed E-state index contributed by atoms with van der Waals surface area (Å²) in [4.78, 5) is 0. The van der Waals surface area contributed by atoms with Gasteiger partial charge in [0.15, 0.2) is 0 Å². The van der Waals surface area contributed by atoms with E-state index >= 15 is 0 Å². The van der Waals surface area contributed by atoms with Crippen molar-refractivity contribution in [2.45, 2.75) is 38.8 Å². The number of alkyl halides is 3. The van der Waals surface area contributed by atoms with Gasteiger partial charge in [-0.25, -0.2) is 8.78 Å². The van der Waals surface area contributed by atoms with Crippen LogP contribution in [0.4, 0.5) is 22.0 Å². The standard InChI is InChI=1S/C20H19F5N2/c1-2-3-4-5-14-6-8-15(9-7-14)12-26-27-13-16-10-17(21)19(18(22)11-16)20(23,24)25/h6-13H,2-5H2,1H3/b26-12+,27-13+. The summed E-state index contributed by atoms with van der Waals surface area (Å²) in [7, 11) is 0. The summed E-state index contributed by atoms with van der Waals surface area (Å²) in [5.74, 6) is -3.38. The van der Waals surface area contributed by atoms with Crippen LogP contribution in [0.5, 0.6) is 0 Å². The molecule has 0 unspecified atom stereocenters. The van der Waals surface area contributed by atoms with E-state index in [2.05, 4.69) is 17.1 Å². The Morgan fingerprint density at radius 1 is 0.852 bits per heavy atom. The van der Waals surface area contributed by atoms with E-state index in [1.165, 1.54) is 18.2 Å². The predicted octanol–water partition coefficient (Wildman–Crippen LogP) is 6.17. The van der Waals surface area contributed by atoms with Gasteiger partial charge in [0.1, 0.15) is 17.2 Å². The second-order valence-electron chi connectivity index (χ2n) is 6.05. The van der Waals surface area contributed by atoms with E-state index < -0.39 is 23.4 Å². The molecule has 2 aromatic carbocycles. The van der Waals surface area contributed by atoms with Crippen molar-refractivity contribution < 1.29 is 22.0 Å². The topological polar surface area (TPSA) is 24.7 Å². The lowest BCUT2D eigenvalue weighted by Crippen LogP contribution is -2.11. The van der Waals surface area contributed by atoms with Gasteiger partial charge in [0.2, 0.25) is 0 Å². The zero-order valence-electron chi connectivity index (χ0n) is 14.7. The molecule has 2 aromatic rings. The molecule has 0 amide bonds. The average Bonchev–Trinajstić information content (AvgIpc) is 2.58. The Hall–Kier alpha value is -2.57. The third-order valence-corrected chi connectivity index (χ3v) is 3.88. The molecule has 0 saturated carbocycles. The lowest BCUT2D eigenvalue weighted by atomic mass is 10.1. The summed E-state index contributed by atoms with van der Waals surface area (Å²) in [6, 6.07) is 8.85. The smallest absolute Gasteiger partial charge is 0.206 e. The first-order valence-corrected chi connectivity index (χ1v) is 8.53. The van der Waals surface area contributed by atoms with Crippen LogP contribution in [0, 0.1) is 11.6 Å². The molecule has 0 fully saturated rings. The zero-order valence-corrected chi connectivity index (χ0v) is 14.7. The quantitative estimate of drug-likeness (QED) is 0.237. The molecule has 0 aromatic heterocycles. The molecule has 2 rings (SSSR count). The molecule has 0 bridgehead atoms. The zero-order chi connectivity index (χ0) is 19.9. The second kappa shape index (κ2) is 9.39. The van der Waals surface area contributed by atoms with E-state index in [9.17, 15) is 22.0 Å². The normalized spacial score (nSPS) is 12.4. The first kappa shape index (κ1) is 20.7. The summed E-state index contributed by atoms with van der Waals surface area (Å²) in [5, 5.41) is 7.37. The van der Waals surface area contributed by atoms with Crippen LogP contribution < -0.4 is 0 Å². The fourth-order valence-corrected chi connectivity index (χ4v) is 2.49. The Morgan fingerprint density at radius 2 is 1.41 bits per heavy atom. The minimum atomic E-state index is -5.09. The predicted molar refractivity (Wildman–Crippen MR) is 96.2 cm³/mol. The molecule has 0 atom stereocenters. The highest BCUT2D eigenvalue weighted by Crippen LogP contribution is 2.33. The second-order valence-corrected chi connectivity index (χ2v) is 6.05. The van der Waals surface area contributed by atoms with Crippen molar-refractivity contribution in [3.05, 3.63) is 70.3 Å². The van der Waals surface area contributed by atoms with Crippen LogP contribution in [0.1, 0.15) is 48.4 Å². The van der Waals surface area contributed by atoms with E-state index in [0.717, 1.165) is 31.0 Å². The number of hydrogen-bond donors (Lipinski definition) is 0. The largest absolute Gasteiger partial charge is 0.422 e. The Bertz CT molecular complexity index is 785. The summed E-state index contributed by atoms with van der Waals surface area (Å²) >= 11 is 0. The molecule has 2 nitrogen and oxygen atoms in total. The molecular weight excluding hydrogens is 363 g/mol. The van der Waals surface area contributed by atoms with Crippen molar-refractivity contribution in [3.8, 4) is 0 Å². The van der Waals surface area contributed by atoms with Crippen LogP contribution in [0.25, 0.3) is 0 Å². The van der Waals surface area contributed by atoms with Crippen LogP contribution >= 0.6 is 0 Å². The average molecular weight is 382 g/mol. The Kier molecular flexibility index (Phi) is 7.21. The van der Waals surface area contributed by atoms with Gasteiger partial charge in [0.25, 0.3) is 0 Å². The van der Waals surface area contributed by atoms with Crippen LogP contribution in [0.2, 0.25) is 0 Å². The fraction of sp³-hybridized carbons (Fsp3) is 0.300. The fourth-order valence-electron chi connectivity index (χ4n) is 2.49. The number of benzene rings is 2. The van der Waals surface area contributed by atoms with Crippen LogP contribution in [0.3, 0.4) is 0 Å². The van der Waals surface area contributed by atoms with Gasteiger partial charge in [-0.2, -0.15) is 23.4 Å². The highest BCUT2D eigenvalue weighted by atomic mass is 19.4. The van der Waals surface area contributed by atoms with Crippen LogP contribution in [0.15, 0.2) is 46.6 Å². The maximum atomic E-state index is 13.5. The Balaban J connectivity index is 2.01.